The minimum absolute atomic E-state index is 0.317. The lowest BCUT2D eigenvalue weighted by molar-refractivity contribution is 0.612. The summed E-state index contributed by atoms with van der Waals surface area (Å²) in [6.07, 6.45) is 5.68. The lowest BCUT2D eigenvalue weighted by Crippen LogP contribution is -2.00. The van der Waals surface area contributed by atoms with Crippen molar-refractivity contribution in [3.8, 4) is 11.1 Å². The van der Waals surface area contributed by atoms with Crippen LogP contribution in [-0.2, 0) is 13.5 Å². The number of nitrogens with zero attached hydrogens (tertiary/aromatic N) is 6. The number of anilines is 2. The summed E-state index contributed by atoms with van der Waals surface area (Å²) >= 11 is 5.84. The Morgan fingerprint density at radius 1 is 1.00 bits per heavy atom. The van der Waals surface area contributed by atoms with Crippen LogP contribution in [0.2, 0.25) is 5.02 Å². The second kappa shape index (κ2) is 7.81. The first-order chi connectivity index (χ1) is 15.1. The molecule has 0 saturated heterocycles. The highest BCUT2D eigenvalue weighted by Gasteiger charge is 2.11. The van der Waals surface area contributed by atoms with Crippen LogP contribution in [0.4, 0.5) is 16.0 Å². The molecule has 4 heterocycles. The molecule has 5 rings (SSSR count). The molecule has 1 N–H and O–H groups in total. The highest BCUT2D eigenvalue weighted by molar-refractivity contribution is 6.30. The van der Waals surface area contributed by atoms with Crippen LogP contribution < -0.4 is 5.32 Å². The van der Waals surface area contributed by atoms with Gasteiger partial charge in [0.15, 0.2) is 5.65 Å². The van der Waals surface area contributed by atoms with Crippen LogP contribution in [0.1, 0.15) is 11.4 Å². The quantitative estimate of drug-likeness (QED) is 0.436. The first-order valence-electron chi connectivity index (χ1n) is 9.56. The Hall–Kier alpha value is -3.78. The topological polar surface area (TPSA) is 72.9 Å². The maximum atomic E-state index is 14.2. The molecular formula is C22H17ClFN7. The number of hydrogen-bond acceptors (Lipinski definition) is 5. The van der Waals surface area contributed by atoms with Crippen molar-refractivity contribution in [3.05, 3.63) is 89.3 Å². The lowest BCUT2D eigenvalue weighted by Gasteiger charge is -2.08. The minimum atomic E-state index is -0.355. The van der Waals surface area contributed by atoms with Crippen LogP contribution in [0.25, 0.3) is 16.8 Å². The monoisotopic (exact) mass is 433 g/mol. The summed E-state index contributed by atoms with van der Waals surface area (Å²) in [5, 5.41) is 16.3. The van der Waals surface area contributed by atoms with Gasteiger partial charge in [-0.15, -0.1) is 10.2 Å². The Labute approximate surface area is 182 Å². The molecule has 0 aliphatic rings. The molecule has 0 fully saturated rings. The van der Waals surface area contributed by atoms with Gasteiger partial charge in [-0.2, -0.15) is 5.10 Å². The molecule has 1 aromatic carbocycles. The second-order valence-electron chi connectivity index (χ2n) is 7.07. The summed E-state index contributed by atoms with van der Waals surface area (Å²) in [4.78, 5) is 4.38. The van der Waals surface area contributed by atoms with Crippen molar-refractivity contribution in [3.63, 3.8) is 0 Å². The molecule has 9 heteroatoms. The number of hydrogen-bond donors (Lipinski definition) is 1. The number of benzene rings is 1. The molecule has 0 aliphatic carbocycles. The van der Waals surface area contributed by atoms with Crippen molar-refractivity contribution in [1.29, 1.82) is 0 Å². The lowest BCUT2D eigenvalue weighted by atomic mass is 10.1. The Balaban J connectivity index is 1.43. The molecule has 5 aromatic rings. The predicted molar refractivity (Wildman–Crippen MR) is 117 cm³/mol. The zero-order chi connectivity index (χ0) is 21.4. The number of halogens is 2. The molecule has 0 atom stereocenters. The van der Waals surface area contributed by atoms with Gasteiger partial charge in [0.2, 0.25) is 0 Å². The average molecular weight is 434 g/mol. The number of aryl methyl sites for hydroxylation is 1. The van der Waals surface area contributed by atoms with E-state index in [1.807, 2.05) is 48.0 Å². The van der Waals surface area contributed by atoms with E-state index in [-0.39, 0.29) is 5.82 Å². The van der Waals surface area contributed by atoms with E-state index in [1.165, 1.54) is 6.07 Å². The molecule has 4 aromatic heterocycles. The molecule has 154 valence electrons. The smallest absolute Gasteiger partial charge is 0.161 e. The summed E-state index contributed by atoms with van der Waals surface area (Å²) in [6.45, 7) is 0. The first-order valence-corrected chi connectivity index (χ1v) is 9.94. The maximum Gasteiger partial charge on any atom is 0.161 e. The van der Waals surface area contributed by atoms with Crippen LogP contribution in [-0.4, -0.2) is 29.4 Å². The third-order valence-corrected chi connectivity index (χ3v) is 5.25. The number of rotatable bonds is 5. The first kappa shape index (κ1) is 19.2. The van der Waals surface area contributed by atoms with E-state index in [9.17, 15) is 4.39 Å². The van der Waals surface area contributed by atoms with E-state index < -0.39 is 0 Å². The highest BCUT2D eigenvalue weighted by atomic mass is 35.5. The van der Waals surface area contributed by atoms with Gasteiger partial charge in [-0.25, -0.2) is 9.37 Å². The van der Waals surface area contributed by atoms with Crippen LogP contribution in [0.15, 0.2) is 67.1 Å². The van der Waals surface area contributed by atoms with Crippen molar-refractivity contribution >= 4 is 28.9 Å². The molecule has 0 aliphatic heterocycles. The van der Waals surface area contributed by atoms with Crippen LogP contribution in [0, 0.1) is 5.82 Å². The zero-order valence-electron chi connectivity index (χ0n) is 16.5. The van der Waals surface area contributed by atoms with E-state index in [0.29, 0.717) is 34.3 Å². The summed E-state index contributed by atoms with van der Waals surface area (Å²) < 4.78 is 17.8. The van der Waals surface area contributed by atoms with Gasteiger partial charge in [0, 0.05) is 37.0 Å². The molecule has 31 heavy (non-hydrogen) atoms. The van der Waals surface area contributed by atoms with Crippen molar-refractivity contribution in [2.75, 3.05) is 5.32 Å². The largest absolute Gasteiger partial charge is 0.325 e. The number of fused-ring (bicyclic) bond motifs is 1. The normalized spacial score (nSPS) is 11.2. The fourth-order valence-corrected chi connectivity index (χ4v) is 3.54. The van der Waals surface area contributed by atoms with Crippen molar-refractivity contribution in [2.24, 2.45) is 7.05 Å². The molecule has 0 saturated carbocycles. The van der Waals surface area contributed by atoms with Gasteiger partial charge >= 0.3 is 0 Å². The Morgan fingerprint density at radius 2 is 1.87 bits per heavy atom. The van der Waals surface area contributed by atoms with Crippen molar-refractivity contribution < 1.29 is 4.39 Å². The van der Waals surface area contributed by atoms with Gasteiger partial charge in [0.1, 0.15) is 23.3 Å². The van der Waals surface area contributed by atoms with Crippen molar-refractivity contribution in [1.82, 2.24) is 29.4 Å². The van der Waals surface area contributed by atoms with Gasteiger partial charge in [0.05, 0.1) is 6.20 Å². The molecule has 0 spiro atoms. The standard InChI is InChI=1S/C22H17ClFN7/c1-30-20(5-8-26-30)27-19-10-14(4-7-25-19)15-6-9-31-21(11-15)28-29-22(31)12-16-2-3-17(23)13-18(16)24/h2-11,13H,12H2,1H3,(H,25,27). The van der Waals surface area contributed by atoms with Crippen LogP contribution >= 0.6 is 11.6 Å². The Kier molecular flexibility index (Phi) is 4.83. The van der Waals surface area contributed by atoms with E-state index in [1.54, 1.807) is 29.2 Å². The average Bonchev–Trinajstić information content (AvgIpc) is 3.36. The predicted octanol–water partition coefficient (Wildman–Crippen LogP) is 4.65. The summed E-state index contributed by atoms with van der Waals surface area (Å²) in [5.41, 5.74) is 3.15. The molecular weight excluding hydrogens is 417 g/mol. The van der Waals surface area contributed by atoms with Crippen molar-refractivity contribution in [2.45, 2.75) is 6.42 Å². The van der Waals surface area contributed by atoms with Gasteiger partial charge in [-0.1, -0.05) is 17.7 Å². The highest BCUT2D eigenvalue weighted by Crippen LogP contribution is 2.25. The molecule has 0 amide bonds. The van der Waals surface area contributed by atoms with E-state index in [2.05, 4.69) is 25.6 Å². The maximum absolute atomic E-state index is 14.2. The Bertz CT molecular complexity index is 1390. The molecule has 0 bridgehead atoms. The number of aromatic nitrogens is 6. The van der Waals surface area contributed by atoms with Gasteiger partial charge < -0.3 is 5.32 Å². The fourth-order valence-electron chi connectivity index (χ4n) is 3.38. The minimum Gasteiger partial charge on any atom is -0.325 e. The third kappa shape index (κ3) is 3.85. The number of pyridine rings is 2. The molecule has 0 unspecified atom stereocenters. The van der Waals surface area contributed by atoms with E-state index in [4.69, 9.17) is 11.6 Å². The molecule has 7 nitrogen and oxygen atoms in total. The second-order valence-corrected chi connectivity index (χ2v) is 7.50. The van der Waals surface area contributed by atoms with Gasteiger partial charge in [-0.05, 0) is 53.1 Å². The zero-order valence-corrected chi connectivity index (χ0v) is 17.3. The van der Waals surface area contributed by atoms with E-state index >= 15 is 0 Å². The Morgan fingerprint density at radius 3 is 2.68 bits per heavy atom. The number of nitrogens with one attached hydrogen (secondary N) is 1. The van der Waals surface area contributed by atoms with Gasteiger partial charge in [-0.3, -0.25) is 9.08 Å². The SMILES string of the molecule is Cn1nccc1Nc1cc(-c2ccn3c(Cc4ccc(Cl)cc4F)nnc3c2)ccn1. The summed E-state index contributed by atoms with van der Waals surface area (Å²) in [5.74, 6) is 1.85. The van der Waals surface area contributed by atoms with Crippen LogP contribution in [0.3, 0.4) is 0 Å². The third-order valence-electron chi connectivity index (χ3n) is 5.01. The van der Waals surface area contributed by atoms with E-state index in [0.717, 1.165) is 16.9 Å². The van der Waals surface area contributed by atoms with Crippen LogP contribution in [0.5, 0.6) is 0 Å². The summed E-state index contributed by atoms with van der Waals surface area (Å²) in [6, 6.07) is 14.3. The van der Waals surface area contributed by atoms with Gasteiger partial charge in [0.25, 0.3) is 0 Å². The fraction of sp³-hybridized carbons (Fsp3) is 0.0909. The molecule has 0 radical (unpaired) electrons. The summed E-state index contributed by atoms with van der Waals surface area (Å²) in [7, 11) is 1.86.